The Bertz CT molecular complexity index is 927. The number of nitrogens with one attached hydrogen (secondary N) is 1. The van der Waals surface area contributed by atoms with Crippen molar-refractivity contribution in [2.75, 3.05) is 11.9 Å². The van der Waals surface area contributed by atoms with Gasteiger partial charge in [-0.1, -0.05) is 54.6 Å². The van der Waals surface area contributed by atoms with E-state index in [0.29, 0.717) is 15.7 Å². The van der Waals surface area contributed by atoms with E-state index in [2.05, 4.69) is 5.32 Å². The minimum absolute atomic E-state index is 0.132. The first-order valence-electron chi connectivity index (χ1n) is 9.20. The molecule has 2 aromatic rings. The van der Waals surface area contributed by atoms with Gasteiger partial charge in [0.15, 0.2) is 0 Å². The summed E-state index contributed by atoms with van der Waals surface area (Å²) in [6.07, 6.45) is 4.46. The van der Waals surface area contributed by atoms with Gasteiger partial charge in [0.1, 0.15) is 0 Å². The SMILES string of the molecule is O=C(CN(C1CCCCC1)S(=O)(=O)c1ccc(Cl)cc1)Nc1ccccc1Cl. The van der Waals surface area contributed by atoms with E-state index in [9.17, 15) is 13.2 Å². The summed E-state index contributed by atoms with van der Waals surface area (Å²) in [5, 5.41) is 3.58. The molecule has 0 radical (unpaired) electrons. The zero-order chi connectivity index (χ0) is 20.1. The summed E-state index contributed by atoms with van der Waals surface area (Å²) in [7, 11) is -3.83. The van der Waals surface area contributed by atoms with Crippen LogP contribution in [0, 0.1) is 0 Å². The molecule has 1 aliphatic rings. The molecule has 28 heavy (non-hydrogen) atoms. The molecule has 5 nitrogen and oxygen atoms in total. The van der Waals surface area contributed by atoms with E-state index in [4.69, 9.17) is 23.2 Å². The van der Waals surface area contributed by atoms with E-state index in [1.165, 1.54) is 28.6 Å². The third-order valence-corrected chi connectivity index (χ3v) is 7.34. The minimum Gasteiger partial charge on any atom is -0.324 e. The molecule has 1 N–H and O–H groups in total. The molecule has 0 saturated heterocycles. The van der Waals surface area contributed by atoms with Gasteiger partial charge in [-0.05, 0) is 49.2 Å². The van der Waals surface area contributed by atoms with Crippen LogP contribution in [-0.2, 0) is 14.8 Å². The molecule has 3 rings (SSSR count). The molecule has 0 bridgehead atoms. The molecule has 1 fully saturated rings. The number of hydrogen-bond donors (Lipinski definition) is 1. The number of benzene rings is 2. The molecule has 0 aromatic heterocycles. The monoisotopic (exact) mass is 440 g/mol. The topological polar surface area (TPSA) is 66.5 Å². The number of amides is 1. The van der Waals surface area contributed by atoms with Crippen molar-refractivity contribution in [1.29, 1.82) is 0 Å². The van der Waals surface area contributed by atoms with Gasteiger partial charge in [-0.15, -0.1) is 0 Å². The van der Waals surface area contributed by atoms with E-state index in [1.54, 1.807) is 24.3 Å². The molecular weight excluding hydrogens is 419 g/mol. The van der Waals surface area contributed by atoms with Crippen LogP contribution in [0.1, 0.15) is 32.1 Å². The van der Waals surface area contributed by atoms with E-state index < -0.39 is 15.9 Å². The second-order valence-electron chi connectivity index (χ2n) is 6.82. The summed E-state index contributed by atoms with van der Waals surface area (Å²) in [5.74, 6) is -0.420. The van der Waals surface area contributed by atoms with Gasteiger partial charge < -0.3 is 5.32 Å². The number of rotatable bonds is 6. The van der Waals surface area contributed by atoms with E-state index >= 15 is 0 Å². The Morgan fingerprint density at radius 3 is 2.29 bits per heavy atom. The summed E-state index contributed by atoms with van der Waals surface area (Å²) in [5.41, 5.74) is 0.460. The molecule has 0 unspecified atom stereocenters. The molecule has 0 atom stereocenters. The third-order valence-electron chi connectivity index (χ3n) is 4.85. The lowest BCUT2D eigenvalue weighted by Gasteiger charge is -2.33. The maximum atomic E-state index is 13.3. The highest BCUT2D eigenvalue weighted by molar-refractivity contribution is 7.89. The van der Waals surface area contributed by atoms with Crippen LogP contribution in [0.5, 0.6) is 0 Å². The van der Waals surface area contributed by atoms with Crippen LogP contribution < -0.4 is 5.32 Å². The van der Waals surface area contributed by atoms with Crippen molar-refractivity contribution in [3.8, 4) is 0 Å². The average molecular weight is 441 g/mol. The van der Waals surface area contributed by atoms with Crippen LogP contribution in [0.15, 0.2) is 53.4 Å². The quantitative estimate of drug-likeness (QED) is 0.690. The van der Waals surface area contributed by atoms with Crippen molar-refractivity contribution >= 4 is 44.8 Å². The Morgan fingerprint density at radius 2 is 1.64 bits per heavy atom. The first-order chi connectivity index (χ1) is 13.4. The van der Waals surface area contributed by atoms with E-state index in [-0.39, 0.29) is 17.5 Å². The molecule has 1 saturated carbocycles. The molecule has 1 amide bonds. The summed E-state index contributed by atoms with van der Waals surface area (Å²) >= 11 is 12.0. The van der Waals surface area contributed by atoms with Gasteiger partial charge in [-0.2, -0.15) is 4.31 Å². The van der Waals surface area contributed by atoms with Crippen LogP contribution in [0.2, 0.25) is 10.0 Å². The maximum Gasteiger partial charge on any atom is 0.243 e. The zero-order valence-electron chi connectivity index (χ0n) is 15.3. The van der Waals surface area contributed by atoms with Crippen molar-refractivity contribution in [2.24, 2.45) is 0 Å². The van der Waals surface area contributed by atoms with Crippen LogP contribution in [0.3, 0.4) is 0 Å². The van der Waals surface area contributed by atoms with Crippen LogP contribution >= 0.6 is 23.2 Å². The highest BCUT2D eigenvalue weighted by Crippen LogP contribution is 2.29. The Morgan fingerprint density at radius 1 is 1.00 bits per heavy atom. The summed E-state index contributed by atoms with van der Waals surface area (Å²) in [6, 6.07) is 12.7. The lowest BCUT2D eigenvalue weighted by atomic mass is 9.95. The first kappa shape index (κ1) is 21.1. The largest absolute Gasteiger partial charge is 0.324 e. The van der Waals surface area contributed by atoms with Gasteiger partial charge in [0.05, 0.1) is 22.2 Å². The average Bonchev–Trinajstić information content (AvgIpc) is 2.69. The molecule has 0 heterocycles. The zero-order valence-corrected chi connectivity index (χ0v) is 17.6. The molecule has 1 aliphatic carbocycles. The number of halogens is 2. The fourth-order valence-electron chi connectivity index (χ4n) is 3.42. The number of hydrogen-bond acceptors (Lipinski definition) is 3. The van der Waals surface area contributed by atoms with Crippen molar-refractivity contribution < 1.29 is 13.2 Å². The Hall–Kier alpha value is -1.60. The fourth-order valence-corrected chi connectivity index (χ4v) is 5.37. The van der Waals surface area contributed by atoms with Crippen LogP contribution in [0.25, 0.3) is 0 Å². The summed E-state index contributed by atoms with van der Waals surface area (Å²) in [6.45, 7) is -0.263. The van der Waals surface area contributed by atoms with Crippen LogP contribution in [-0.4, -0.2) is 31.2 Å². The first-order valence-corrected chi connectivity index (χ1v) is 11.4. The van der Waals surface area contributed by atoms with Gasteiger partial charge in [0.25, 0.3) is 0 Å². The molecular formula is C20H22Cl2N2O3S. The minimum atomic E-state index is -3.83. The molecule has 0 aliphatic heterocycles. The smallest absolute Gasteiger partial charge is 0.243 e. The number of carbonyl (C=O) groups excluding carboxylic acids is 1. The molecule has 2 aromatic carbocycles. The van der Waals surface area contributed by atoms with Gasteiger partial charge >= 0.3 is 0 Å². The van der Waals surface area contributed by atoms with Gasteiger partial charge in [-0.3, -0.25) is 4.79 Å². The van der Waals surface area contributed by atoms with Gasteiger partial charge in [0.2, 0.25) is 15.9 Å². The predicted molar refractivity (Wildman–Crippen MR) is 112 cm³/mol. The predicted octanol–water partition coefficient (Wildman–Crippen LogP) is 4.96. The number of carbonyl (C=O) groups is 1. The lowest BCUT2D eigenvalue weighted by molar-refractivity contribution is -0.116. The van der Waals surface area contributed by atoms with E-state index in [1.807, 2.05) is 0 Å². The normalized spacial score (nSPS) is 15.5. The second kappa shape index (κ2) is 9.27. The van der Waals surface area contributed by atoms with Gasteiger partial charge in [0, 0.05) is 11.1 Å². The second-order valence-corrected chi connectivity index (χ2v) is 9.56. The molecule has 150 valence electrons. The van der Waals surface area contributed by atoms with Crippen molar-refractivity contribution in [1.82, 2.24) is 4.31 Å². The van der Waals surface area contributed by atoms with Crippen molar-refractivity contribution in [3.05, 3.63) is 58.6 Å². The summed E-state index contributed by atoms with van der Waals surface area (Å²) in [4.78, 5) is 12.8. The summed E-state index contributed by atoms with van der Waals surface area (Å²) < 4.78 is 27.9. The molecule has 0 spiro atoms. The Balaban J connectivity index is 1.85. The lowest BCUT2D eigenvalue weighted by Crippen LogP contribution is -2.45. The number of para-hydroxylation sites is 1. The maximum absolute atomic E-state index is 13.3. The Labute approximate surface area is 175 Å². The third kappa shape index (κ3) is 5.06. The van der Waals surface area contributed by atoms with Crippen LogP contribution in [0.4, 0.5) is 5.69 Å². The van der Waals surface area contributed by atoms with Gasteiger partial charge in [-0.25, -0.2) is 8.42 Å². The highest BCUT2D eigenvalue weighted by atomic mass is 35.5. The highest BCUT2D eigenvalue weighted by Gasteiger charge is 2.34. The number of anilines is 1. The Kier molecular flexibility index (Phi) is 6.99. The van der Waals surface area contributed by atoms with Crippen molar-refractivity contribution in [3.63, 3.8) is 0 Å². The van der Waals surface area contributed by atoms with Crippen molar-refractivity contribution in [2.45, 2.75) is 43.0 Å². The number of sulfonamides is 1. The standard InChI is InChI=1S/C20H22Cl2N2O3S/c21-15-10-12-17(13-11-15)28(26,27)24(16-6-2-1-3-7-16)14-20(25)23-19-9-5-4-8-18(19)22/h4-5,8-13,16H,1-3,6-7,14H2,(H,23,25). The number of nitrogens with zero attached hydrogens (tertiary/aromatic N) is 1. The molecule has 8 heteroatoms. The fraction of sp³-hybridized carbons (Fsp3) is 0.350. The van der Waals surface area contributed by atoms with E-state index in [0.717, 1.165) is 32.1 Å².